The van der Waals surface area contributed by atoms with Crippen LogP contribution < -0.4 is 20.1 Å². The fourth-order valence-electron chi connectivity index (χ4n) is 6.07. The molecule has 1 saturated heterocycles. The van der Waals surface area contributed by atoms with E-state index in [2.05, 4.69) is 16.8 Å². The number of hydrogen-bond acceptors (Lipinski definition) is 7. The van der Waals surface area contributed by atoms with Crippen molar-refractivity contribution in [3.8, 4) is 11.5 Å². The smallest absolute Gasteiger partial charge is 0.308 e. The molecule has 2 aliphatic rings. The van der Waals surface area contributed by atoms with Gasteiger partial charge in [-0.25, -0.2) is 4.98 Å². The third-order valence-electron chi connectivity index (χ3n) is 8.28. The second-order valence-corrected chi connectivity index (χ2v) is 10.8. The maximum atomic E-state index is 14.0. The molecule has 10 heteroatoms. The van der Waals surface area contributed by atoms with E-state index in [9.17, 15) is 14.7 Å². The van der Waals surface area contributed by atoms with Crippen LogP contribution in [0, 0.1) is 5.92 Å². The van der Waals surface area contributed by atoms with Gasteiger partial charge in [0, 0.05) is 63.1 Å². The van der Waals surface area contributed by atoms with E-state index in [1.165, 1.54) is 0 Å². The molecule has 0 saturated carbocycles. The number of nitrogens with zero attached hydrogens (tertiary/aromatic N) is 4. The number of carbonyl (C=O) groups is 2. The number of likely N-dealkylation sites (tertiary alicyclic amines) is 1. The minimum Gasteiger partial charge on any atom is -0.481 e. The van der Waals surface area contributed by atoms with Crippen LogP contribution in [0.3, 0.4) is 0 Å². The molecule has 3 N–H and O–H groups in total. The Hall–Kier alpha value is -3.89. The highest BCUT2D eigenvalue weighted by molar-refractivity contribution is 5.95. The molecule has 1 unspecified atom stereocenters. The number of unbranched alkanes of at least 4 members (excludes halogenated alkanes) is 1. The summed E-state index contributed by atoms with van der Waals surface area (Å²) in [6.07, 6.45) is 6.61. The number of aliphatic carboxylic acids is 1. The largest absolute Gasteiger partial charge is 0.481 e. The zero-order chi connectivity index (χ0) is 28.9. The van der Waals surface area contributed by atoms with Gasteiger partial charge in [0.15, 0.2) is 11.5 Å². The van der Waals surface area contributed by atoms with E-state index < -0.39 is 11.9 Å². The van der Waals surface area contributed by atoms with Gasteiger partial charge >= 0.3 is 5.97 Å². The number of amides is 1. The third kappa shape index (κ3) is 6.23. The summed E-state index contributed by atoms with van der Waals surface area (Å²) in [5, 5.41) is 10.5. The number of nitrogens with two attached hydrogens (primary N) is 1. The van der Waals surface area contributed by atoms with E-state index in [-0.39, 0.29) is 31.2 Å². The number of carbonyl (C=O) groups excluding carboxylic acids is 1. The van der Waals surface area contributed by atoms with Crippen molar-refractivity contribution in [2.24, 2.45) is 18.7 Å². The first-order valence-electron chi connectivity index (χ1n) is 14.3. The highest BCUT2D eigenvalue weighted by atomic mass is 16.7. The second-order valence-electron chi connectivity index (χ2n) is 10.8. The molecule has 1 amide bonds. The molecule has 0 aliphatic carbocycles. The van der Waals surface area contributed by atoms with Crippen molar-refractivity contribution in [1.29, 1.82) is 0 Å². The third-order valence-corrected chi connectivity index (χ3v) is 8.28. The standard InChI is InChI=1S/C31H39N5O5/c1-3-4-13-36(23-7-5-6-21(15-23)17-32)29(37)19-35-18-24(22-8-10-26-27(16-22)41-20-40-26)30(31(38)39)25(35)9-11-28-33-12-14-34(28)2/h5-8,10,12,14-16,24-25,30H,3-4,9,11,13,17-20,32H2,1-2H3,(H,38,39)/t24-,25+,30?/m1/s1. The minimum absolute atomic E-state index is 0.0508. The summed E-state index contributed by atoms with van der Waals surface area (Å²) in [6, 6.07) is 13.1. The van der Waals surface area contributed by atoms with Crippen LogP contribution in [-0.2, 0) is 29.6 Å². The zero-order valence-corrected chi connectivity index (χ0v) is 23.7. The predicted molar refractivity (Wildman–Crippen MR) is 155 cm³/mol. The summed E-state index contributed by atoms with van der Waals surface area (Å²) < 4.78 is 13.0. The van der Waals surface area contributed by atoms with Crippen LogP contribution in [0.25, 0.3) is 0 Å². The normalized spacial score (nSPS) is 19.9. The summed E-state index contributed by atoms with van der Waals surface area (Å²) in [5.74, 6) is 0.226. The number of carboxylic acids is 1. The van der Waals surface area contributed by atoms with Gasteiger partial charge in [-0.2, -0.15) is 0 Å². The first kappa shape index (κ1) is 28.6. The Bertz CT molecular complexity index is 1370. The molecule has 2 aliphatic heterocycles. The Kier molecular flexibility index (Phi) is 8.90. The molecule has 3 atom stereocenters. The van der Waals surface area contributed by atoms with Crippen molar-refractivity contribution in [3.63, 3.8) is 0 Å². The van der Waals surface area contributed by atoms with Crippen LogP contribution >= 0.6 is 0 Å². The van der Waals surface area contributed by atoms with Crippen LogP contribution in [0.15, 0.2) is 54.9 Å². The van der Waals surface area contributed by atoms with E-state index in [0.29, 0.717) is 44.0 Å². The van der Waals surface area contributed by atoms with E-state index in [1.807, 2.05) is 65.2 Å². The van der Waals surface area contributed by atoms with Gasteiger partial charge in [-0.05, 0) is 48.2 Å². The number of ether oxygens (including phenoxy) is 2. The first-order valence-corrected chi connectivity index (χ1v) is 14.3. The average Bonchev–Trinajstić information content (AvgIpc) is 3.70. The van der Waals surface area contributed by atoms with Crippen LogP contribution in [0.2, 0.25) is 0 Å². The molecule has 1 fully saturated rings. The lowest BCUT2D eigenvalue weighted by molar-refractivity contribution is -0.143. The molecule has 41 heavy (non-hydrogen) atoms. The van der Waals surface area contributed by atoms with Gasteiger partial charge < -0.3 is 29.8 Å². The van der Waals surface area contributed by atoms with Crippen LogP contribution in [0.1, 0.15) is 49.1 Å². The van der Waals surface area contributed by atoms with Gasteiger partial charge in [-0.15, -0.1) is 0 Å². The molecule has 218 valence electrons. The Balaban J connectivity index is 1.44. The minimum atomic E-state index is -0.869. The average molecular weight is 562 g/mol. The van der Waals surface area contributed by atoms with Crippen LogP contribution in [0.5, 0.6) is 11.5 Å². The Labute approximate surface area is 240 Å². The number of aromatic nitrogens is 2. The highest BCUT2D eigenvalue weighted by Crippen LogP contribution is 2.43. The second kappa shape index (κ2) is 12.7. The molecule has 3 heterocycles. The number of rotatable bonds is 12. The molecule has 1 aromatic heterocycles. The van der Waals surface area contributed by atoms with E-state index >= 15 is 0 Å². The Morgan fingerprint density at radius 1 is 1.17 bits per heavy atom. The highest BCUT2D eigenvalue weighted by Gasteiger charge is 2.47. The van der Waals surface area contributed by atoms with Gasteiger partial charge in [-0.1, -0.05) is 31.5 Å². The number of imidazole rings is 1. The van der Waals surface area contributed by atoms with Crippen molar-refractivity contribution in [1.82, 2.24) is 14.5 Å². The lowest BCUT2D eigenvalue weighted by Crippen LogP contribution is -2.44. The number of benzene rings is 2. The lowest BCUT2D eigenvalue weighted by Gasteiger charge is -2.30. The molecule has 5 rings (SSSR count). The van der Waals surface area contributed by atoms with Gasteiger partial charge in [0.1, 0.15) is 5.82 Å². The van der Waals surface area contributed by atoms with Crippen molar-refractivity contribution >= 4 is 17.6 Å². The molecule has 0 bridgehead atoms. The SMILES string of the molecule is CCCCN(C(=O)CN1C[C@H](c2ccc3c(c2)OCO3)C(C(=O)O)[C@@H]1CCc1nccn1C)c1cccc(CN)c1. The molecule has 0 spiro atoms. The Morgan fingerprint density at radius 3 is 2.73 bits per heavy atom. The fraction of sp³-hybridized carbons (Fsp3) is 0.452. The van der Waals surface area contributed by atoms with Gasteiger partial charge in [0.25, 0.3) is 0 Å². The number of aryl methyl sites for hydroxylation is 2. The zero-order valence-electron chi connectivity index (χ0n) is 23.7. The summed E-state index contributed by atoms with van der Waals surface area (Å²) in [4.78, 5) is 35.1. The van der Waals surface area contributed by atoms with Crippen molar-refractivity contribution in [3.05, 3.63) is 71.8 Å². The van der Waals surface area contributed by atoms with Crippen molar-refractivity contribution in [2.75, 3.05) is 31.3 Å². The maximum absolute atomic E-state index is 14.0. The summed E-state index contributed by atoms with van der Waals surface area (Å²) in [6.45, 7) is 3.79. The molecule has 0 radical (unpaired) electrons. The molecular weight excluding hydrogens is 522 g/mol. The maximum Gasteiger partial charge on any atom is 0.308 e. The summed E-state index contributed by atoms with van der Waals surface area (Å²) >= 11 is 0. The van der Waals surface area contributed by atoms with Crippen LogP contribution in [-0.4, -0.2) is 63.9 Å². The van der Waals surface area contributed by atoms with E-state index in [0.717, 1.165) is 35.5 Å². The fourth-order valence-corrected chi connectivity index (χ4v) is 6.07. The molecule has 2 aromatic carbocycles. The molecular formula is C31H39N5O5. The summed E-state index contributed by atoms with van der Waals surface area (Å²) in [5.41, 5.74) is 8.53. The number of carboxylic acid groups (broad SMARTS) is 1. The van der Waals surface area contributed by atoms with Gasteiger partial charge in [-0.3, -0.25) is 14.5 Å². The number of anilines is 1. The topological polar surface area (TPSA) is 123 Å². The van der Waals surface area contributed by atoms with Gasteiger partial charge in [0.2, 0.25) is 12.7 Å². The predicted octanol–water partition coefficient (Wildman–Crippen LogP) is 3.54. The van der Waals surface area contributed by atoms with E-state index in [4.69, 9.17) is 15.2 Å². The number of fused-ring (bicyclic) bond motifs is 1. The van der Waals surface area contributed by atoms with Crippen molar-refractivity contribution in [2.45, 2.75) is 51.1 Å². The van der Waals surface area contributed by atoms with Gasteiger partial charge in [0.05, 0.1) is 12.5 Å². The first-order chi connectivity index (χ1) is 19.9. The summed E-state index contributed by atoms with van der Waals surface area (Å²) in [7, 11) is 1.93. The number of hydrogen-bond donors (Lipinski definition) is 2. The molecule has 10 nitrogen and oxygen atoms in total. The van der Waals surface area contributed by atoms with E-state index in [1.54, 1.807) is 6.20 Å². The quantitative estimate of drug-likeness (QED) is 0.344. The van der Waals surface area contributed by atoms with Crippen molar-refractivity contribution < 1.29 is 24.2 Å². The molecule has 3 aromatic rings. The lowest BCUT2D eigenvalue weighted by atomic mass is 9.83. The monoisotopic (exact) mass is 561 g/mol. The Morgan fingerprint density at radius 2 is 2.00 bits per heavy atom. The van der Waals surface area contributed by atoms with Crippen LogP contribution in [0.4, 0.5) is 5.69 Å².